The number of aryl methyl sites for hydroxylation is 1. The fourth-order valence-electron chi connectivity index (χ4n) is 4.11. The van der Waals surface area contributed by atoms with Gasteiger partial charge in [-0.1, -0.05) is 18.2 Å². The summed E-state index contributed by atoms with van der Waals surface area (Å²) in [7, 11) is 0.726. The quantitative estimate of drug-likeness (QED) is 0.395. The molecule has 1 atom stereocenters. The molecule has 4 aromatic rings. The Morgan fingerprint density at radius 2 is 1.83 bits per heavy atom. The summed E-state index contributed by atoms with van der Waals surface area (Å²) in [5.41, 5.74) is 3.51. The van der Waals surface area contributed by atoms with Gasteiger partial charge in [0.15, 0.2) is 0 Å². The van der Waals surface area contributed by atoms with E-state index in [1.807, 2.05) is 30.3 Å². The molecule has 1 unspecified atom stereocenters. The van der Waals surface area contributed by atoms with E-state index >= 15 is 0 Å². The van der Waals surface area contributed by atoms with Crippen molar-refractivity contribution in [3.63, 3.8) is 0 Å². The summed E-state index contributed by atoms with van der Waals surface area (Å²) in [5, 5.41) is 11.2. The van der Waals surface area contributed by atoms with Crippen LogP contribution in [0.5, 0.6) is 0 Å². The second-order valence-electron chi connectivity index (χ2n) is 8.58. The number of hydrogen-bond acceptors (Lipinski definition) is 8. The minimum absolute atomic E-state index is 0.0741. The molecule has 1 aliphatic heterocycles. The number of rotatable bonds is 7. The Morgan fingerprint density at radius 1 is 1.08 bits per heavy atom. The standard InChI is InChI=1S/C26H26FN5O3S/c1-16-24(26-32-31-25(35-26)21-8-3-17(14-28-2)13-22(21)27)30-23(15-29-16)18-4-6-19(7-5-18)36(33)20-9-11-34-12-10-20/h3-8,13,15,20,28H,9-12,14H2,1-2H3. The highest BCUT2D eigenvalue weighted by molar-refractivity contribution is 7.85. The first-order chi connectivity index (χ1) is 17.5. The average Bonchev–Trinajstić information content (AvgIpc) is 3.39. The van der Waals surface area contributed by atoms with Gasteiger partial charge < -0.3 is 14.5 Å². The van der Waals surface area contributed by atoms with Gasteiger partial charge in [-0.05, 0) is 56.6 Å². The summed E-state index contributed by atoms with van der Waals surface area (Å²) in [5.74, 6) is -0.203. The first-order valence-electron chi connectivity index (χ1n) is 11.7. The van der Waals surface area contributed by atoms with Crippen LogP contribution in [0, 0.1) is 12.7 Å². The maximum atomic E-state index is 14.6. The third kappa shape index (κ3) is 5.11. The van der Waals surface area contributed by atoms with E-state index in [4.69, 9.17) is 14.1 Å². The lowest BCUT2D eigenvalue weighted by molar-refractivity contribution is 0.0992. The van der Waals surface area contributed by atoms with Crippen LogP contribution in [0.15, 0.2) is 58.0 Å². The normalized spacial score (nSPS) is 15.2. The van der Waals surface area contributed by atoms with Gasteiger partial charge in [-0.25, -0.2) is 9.37 Å². The molecule has 0 spiro atoms. The van der Waals surface area contributed by atoms with E-state index in [9.17, 15) is 8.60 Å². The molecule has 8 nitrogen and oxygen atoms in total. The average molecular weight is 508 g/mol. The van der Waals surface area contributed by atoms with Crippen LogP contribution in [0.3, 0.4) is 0 Å². The predicted molar refractivity (Wildman–Crippen MR) is 134 cm³/mol. The summed E-state index contributed by atoms with van der Waals surface area (Å²) >= 11 is 0. The first-order valence-corrected chi connectivity index (χ1v) is 12.9. The second-order valence-corrected chi connectivity index (χ2v) is 10.3. The minimum atomic E-state index is -1.08. The van der Waals surface area contributed by atoms with Crippen molar-refractivity contribution in [2.75, 3.05) is 20.3 Å². The molecule has 1 N–H and O–H groups in total. The molecular formula is C26H26FN5O3S. The lowest BCUT2D eigenvalue weighted by Gasteiger charge is -2.21. The van der Waals surface area contributed by atoms with Gasteiger partial charge in [0.1, 0.15) is 11.5 Å². The third-order valence-electron chi connectivity index (χ3n) is 6.08. The van der Waals surface area contributed by atoms with Crippen molar-refractivity contribution in [1.82, 2.24) is 25.5 Å². The molecule has 186 valence electrons. The van der Waals surface area contributed by atoms with Crippen molar-refractivity contribution in [2.24, 2.45) is 0 Å². The van der Waals surface area contributed by atoms with Crippen molar-refractivity contribution in [1.29, 1.82) is 0 Å². The lowest BCUT2D eigenvalue weighted by Crippen LogP contribution is -2.24. The van der Waals surface area contributed by atoms with Crippen LogP contribution in [0.25, 0.3) is 34.3 Å². The fourth-order valence-corrected chi connectivity index (χ4v) is 5.52. The van der Waals surface area contributed by atoms with Gasteiger partial charge in [0.2, 0.25) is 0 Å². The maximum Gasteiger partial charge on any atom is 0.268 e. The third-order valence-corrected chi connectivity index (χ3v) is 7.89. The molecule has 10 heteroatoms. The summed E-state index contributed by atoms with van der Waals surface area (Å²) < 4.78 is 38.7. The highest BCUT2D eigenvalue weighted by Crippen LogP contribution is 2.29. The highest BCUT2D eigenvalue weighted by atomic mass is 32.2. The van der Waals surface area contributed by atoms with E-state index in [1.54, 1.807) is 26.2 Å². The topological polar surface area (TPSA) is 103 Å². The van der Waals surface area contributed by atoms with Crippen molar-refractivity contribution in [3.8, 4) is 34.3 Å². The zero-order valence-electron chi connectivity index (χ0n) is 20.0. The van der Waals surface area contributed by atoms with Gasteiger partial charge in [0.25, 0.3) is 11.8 Å². The Bertz CT molecular complexity index is 1390. The summed E-state index contributed by atoms with van der Waals surface area (Å²) in [6, 6.07) is 12.4. The van der Waals surface area contributed by atoms with Crippen molar-refractivity contribution in [2.45, 2.75) is 36.5 Å². The molecule has 1 aliphatic rings. The smallest absolute Gasteiger partial charge is 0.268 e. The van der Waals surface area contributed by atoms with Gasteiger partial charge in [-0.15, -0.1) is 10.2 Å². The summed E-state index contributed by atoms with van der Waals surface area (Å²) in [6.45, 7) is 3.66. The molecule has 2 aromatic carbocycles. The van der Waals surface area contributed by atoms with Crippen LogP contribution in [0.2, 0.25) is 0 Å². The minimum Gasteiger partial charge on any atom is -0.414 e. The number of halogens is 1. The molecular weight excluding hydrogens is 481 g/mol. The number of aromatic nitrogens is 4. The Balaban J connectivity index is 1.39. The Kier molecular flexibility index (Phi) is 7.26. The van der Waals surface area contributed by atoms with E-state index in [-0.39, 0.29) is 22.6 Å². The van der Waals surface area contributed by atoms with E-state index in [1.165, 1.54) is 6.07 Å². The predicted octanol–water partition coefficient (Wildman–Crippen LogP) is 4.31. The Hall–Kier alpha value is -3.34. The molecule has 1 fully saturated rings. The molecule has 0 radical (unpaired) electrons. The molecule has 0 bridgehead atoms. The number of nitrogens with one attached hydrogen (secondary N) is 1. The zero-order chi connectivity index (χ0) is 25.1. The van der Waals surface area contributed by atoms with E-state index in [2.05, 4.69) is 20.5 Å². The zero-order valence-corrected chi connectivity index (χ0v) is 20.8. The van der Waals surface area contributed by atoms with E-state index in [0.29, 0.717) is 36.8 Å². The van der Waals surface area contributed by atoms with Crippen LogP contribution in [-0.4, -0.2) is 49.9 Å². The maximum absolute atomic E-state index is 14.6. The fraction of sp³-hybridized carbons (Fsp3) is 0.308. The van der Waals surface area contributed by atoms with Crippen LogP contribution in [-0.2, 0) is 22.1 Å². The Labute approximate surface area is 210 Å². The van der Waals surface area contributed by atoms with Gasteiger partial charge in [0.05, 0.1) is 33.9 Å². The van der Waals surface area contributed by atoms with Gasteiger partial charge >= 0.3 is 0 Å². The highest BCUT2D eigenvalue weighted by Gasteiger charge is 2.22. The van der Waals surface area contributed by atoms with E-state index < -0.39 is 16.6 Å². The monoisotopic (exact) mass is 507 g/mol. The molecule has 0 aliphatic carbocycles. The number of ether oxygens (including phenoxy) is 1. The lowest BCUT2D eigenvalue weighted by atomic mass is 10.1. The largest absolute Gasteiger partial charge is 0.414 e. The van der Waals surface area contributed by atoms with Crippen molar-refractivity contribution in [3.05, 3.63) is 65.7 Å². The van der Waals surface area contributed by atoms with Crippen LogP contribution < -0.4 is 5.32 Å². The summed E-state index contributed by atoms with van der Waals surface area (Å²) in [6.07, 6.45) is 3.27. The van der Waals surface area contributed by atoms with Gasteiger partial charge in [-0.2, -0.15) is 0 Å². The van der Waals surface area contributed by atoms with Crippen molar-refractivity contribution >= 4 is 10.8 Å². The van der Waals surface area contributed by atoms with Crippen LogP contribution in [0.4, 0.5) is 4.39 Å². The van der Waals surface area contributed by atoms with Crippen LogP contribution >= 0.6 is 0 Å². The molecule has 2 aromatic heterocycles. The summed E-state index contributed by atoms with van der Waals surface area (Å²) in [4.78, 5) is 9.93. The number of nitrogens with zero attached hydrogens (tertiary/aromatic N) is 4. The van der Waals surface area contributed by atoms with E-state index in [0.717, 1.165) is 28.9 Å². The molecule has 1 saturated heterocycles. The Morgan fingerprint density at radius 3 is 2.56 bits per heavy atom. The molecule has 36 heavy (non-hydrogen) atoms. The second kappa shape index (κ2) is 10.7. The van der Waals surface area contributed by atoms with Gasteiger partial charge in [0, 0.05) is 35.5 Å². The molecule has 5 rings (SSSR count). The van der Waals surface area contributed by atoms with Gasteiger partial charge in [-0.3, -0.25) is 9.19 Å². The molecule has 0 saturated carbocycles. The number of benzene rings is 2. The molecule has 0 amide bonds. The first kappa shape index (κ1) is 24.4. The molecule has 3 heterocycles. The van der Waals surface area contributed by atoms with Crippen molar-refractivity contribution < 1.29 is 17.8 Å². The SMILES string of the molecule is CNCc1ccc(-c2nnc(-c3nc(-c4ccc(S(=O)C5CCOCC5)cc4)cnc3C)o2)c(F)c1. The number of hydrogen-bond donors (Lipinski definition) is 1. The van der Waals surface area contributed by atoms with Crippen LogP contribution in [0.1, 0.15) is 24.1 Å².